The average molecular weight is 143 g/mol. The van der Waals surface area contributed by atoms with E-state index in [2.05, 4.69) is 6.58 Å². The van der Waals surface area contributed by atoms with E-state index in [-0.39, 0.29) is 6.04 Å². The summed E-state index contributed by atoms with van der Waals surface area (Å²) >= 11 is 0. The molecule has 60 valence electrons. The Morgan fingerprint density at radius 1 is 1.70 bits per heavy atom. The summed E-state index contributed by atoms with van der Waals surface area (Å²) in [7, 11) is 0. The first-order valence-electron chi connectivity index (χ1n) is 3.75. The van der Waals surface area contributed by atoms with Gasteiger partial charge in [-0.2, -0.15) is 0 Å². The van der Waals surface area contributed by atoms with Crippen LogP contribution in [0, 0.1) is 0 Å². The molecule has 0 heterocycles. The van der Waals surface area contributed by atoms with Gasteiger partial charge in [0.05, 0.1) is 0 Å². The lowest BCUT2D eigenvalue weighted by molar-refractivity contribution is 0.140. The highest BCUT2D eigenvalue weighted by Gasteiger charge is 1.97. The minimum atomic E-state index is 0.226. The van der Waals surface area contributed by atoms with E-state index in [0.29, 0.717) is 0 Å². The summed E-state index contributed by atoms with van der Waals surface area (Å²) < 4.78 is 5.14. The van der Waals surface area contributed by atoms with Crippen LogP contribution < -0.4 is 5.73 Å². The quantitative estimate of drug-likeness (QED) is 0.449. The van der Waals surface area contributed by atoms with Crippen molar-refractivity contribution < 1.29 is 4.74 Å². The van der Waals surface area contributed by atoms with Crippen molar-refractivity contribution in [1.29, 1.82) is 0 Å². The zero-order valence-corrected chi connectivity index (χ0v) is 6.68. The Morgan fingerprint density at radius 2 is 2.40 bits per heavy atom. The van der Waals surface area contributed by atoms with Gasteiger partial charge in [0.1, 0.15) is 0 Å². The van der Waals surface area contributed by atoms with E-state index < -0.39 is 0 Å². The summed E-state index contributed by atoms with van der Waals surface area (Å²) in [6.07, 6.45) is 3.66. The first kappa shape index (κ1) is 9.66. The fraction of sp³-hybridized carbons (Fsp3) is 0.750. The molecule has 0 fully saturated rings. The van der Waals surface area contributed by atoms with Crippen molar-refractivity contribution in [2.75, 3.05) is 13.2 Å². The van der Waals surface area contributed by atoms with Gasteiger partial charge in [-0.15, -0.1) is 6.58 Å². The summed E-state index contributed by atoms with van der Waals surface area (Å²) in [4.78, 5) is 0. The molecule has 10 heavy (non-hydrogen) atoms. The fourth-order valence-electron chi connectivity index (χ4n) is 0.711. The third-order valence-electron chi connectivity index (χ3n) is 1.31. The fourth-order valence-corrected chi connectivity index (χ4v) is 0.711. The SMILES string of the molecule is C=CCC(N)CCOCC. The molecule has 0 radical (unpaired) electrons. The highest BCUT2D eigenvalue weighted by atomic mass is 16.5. The van der Waals surface area contributed by atoms with Crippen LogP contribution in [0.25, 0.3) is 0 Å². The van der Waals surface area contributed by atoms with Gasteiger partial charge in [0.2, 0.25) is 0 Å². The third-order valence-corrected chi connectivity index (χ3v) is 1.31. The smallest absolute Gasteiger partial charge is 0.0480 e. The molecule has 0 aliphatic carbocycles. The number of ether oxygens (including phenoxy) is 1. The van der Waals surface area contributed by atoms with Crippen molar-refractivity contribution in [1.82, 2.24) is 0 Å². The average Bonchev–Trinajstić information content (AvgIpc) is 1.89. The van der Waals surface area contributed by atoms with Crippen LogP contribution in [0.15, 0.2) is 12.7 Å². The lowest BCUT2D eigenvalue weighted by Crippen LogP contribution is -2.20. The molecule has 0 aliphatic heterocycles. The monoisotopic (exact) mass is 143 g/mol. The molecule has 0 aromatic rings. The lowest BCUT2D eigenvalue weighted by atomic mass is 10.1. The third kappa shape index (κ3) is 5.79. The van der Waals surface area contributed by atoms with E-state index in [4.69, 9.17) is 10.5 Å². The second kappa shape index (κ2) is 6.78. The highest BCUT2D eigenvalue weighted by Crippen LogP contribution is 1.94. The topological polar surface area (TPSA) is 35.2 Å². The van der Waals surface area contributed by atoms with Crippen LogP contribution in [-0.4, -0.2) is 19.3 Å². The van der Waals surface area contributed by atoms with Crippen molar-refractivity contribution in [3.05, 3.63) is 12.7 Å². The standard InChI is InChI=1S/C8H17NO/c1-3-5-8(9)6-7-10-4-2/h3,8H,1,4-7,9H2,2H3. The van der Waals surface area contributed by atoms with Crippen molar-refractivity contribution >= 4 is 0 Å². The molecule has 2 nitrogen and oxygen atoms in total. The molecule has 0 saturated carbocycles. The number of hydrogen-bond donors (Lipinski definition) is 1. The zero-order valence-electron chi connectivity index (χ0n) is 6.68. The minimum Gasteiger partial charge on any atom is -0.382 e. The minimum absolute atomic E-state index is 0.226. The molecule has 1 atom stereocenters. The zero-order chi connectivity index (χ0) is 7.82. The highest BCUT2D eigenvalue weighted by molar-refractivity contribution is 4.74. The summed E-state index contributed by atoms with van der Waals surface area (Å²) in [6.45, 7) is 7.14. The van der Waals surface area contributed by atoms with Gasteiger partial charge in [-0.25, -0.2) is 0 Å². The maximum absolute atomic E-state index is 5.67. The molecular weight excluding hydrogens is 126 g/mol. The van der Waals surface area contributed by atoms with Crippen molar-refractivity contribution in [3.63, 3.8) is 0 Å². The van der Waals surface area contributed by atoms with Crippen LogP contribution in [0.4, 0.5) is 0 Å². The molecule has 0 bridgehead atoms. The maximum atomic E-state index is 5.67. The first-order chi connectivity index (χ1) is 4.81. The predicted molar refractivity (Wildman–Crippen MR) is 43.9 cm³/mol. The van der Waals surface area contributed by atoms with Gasteiger partial charge in [-0.3, -0.25) is 0 Å². The van der Waals surface area contributed by atoms with Gasteiger partial charge in [0, 0.05) is 19.3 Å². The van der Waals surface area contributed by atoms with E-state index in [1.54, 1.807) is 0 Å². The Kier molecular flexibility index (Phi) is 6.55. The summed E-state index contributed by atoms with van der Waals surface area (Å²) in [5.41, 5.74) is 5.67. The molecule has 0 saturated heterocycles. The number of nitrogens with two attached hydrogens (primary N) is 1. The van der Waals surface area contributed by atoms with Crippen molar-refractivity contribution in [2.45, 2.75) is 25.8 Å². The van der Waals surface area contributed by atoms with Crippen LogP contribution in [-0.2, 0) is 4.74 Å². The van der Waals surface area contributed by atoms with Crippen molar-refractivity contribution in [3.8, 4) is 0 Å². The second-order valence-corrected chi connectivity index (χ2v) is 2.27. The largest absolute Gasteiger partial charge is 0.382 e. The summed E-state index contributed by atoms with van der Waals surface area (Å²) in [6, 6.07) is 0.226. The summed E-state index contributed by atoms with van der Waals surface area (Å²) in [5, 5.41) is 0. The lowest BCUT2D eigenvalue weighted by Gasteiger charge is -2.07. The Morgan fingerprint density at radius 3 is 2.90 bits per heavy atom. The van der Waals surface area contributed by atoms with E-state index >= 15 is 0 Å². The Balaban J connectivity index is 3.04. The molecule has 0 aromatic heterocycles. The van der Waals surface area contributed by atoms with Crippen LogP contribution in [0.2, 0.25) is 0 Å². The molecule has 0 aromatic carbocycles. The molecule has 2 N–H and O–H groups in total. The second-order valence-electron chi connectivity index (χ2n) is 2.27. The molecule has 2 heteroatoms. The van der Waals surface area contributed by atoms with E-state index in [1.165, 1.54) is 0 Å². The Hall–Kier alpha value is -0.340. The van der Waals surface area contributed by atoms with E-state index in [0.717, 1.165) is 26.1 Å². The van der Waals surface area contributed by atoms with Gasteiger partial charge in [-0.1, -0.05) is 6.08 Å². The van der Waals surface area contributed by atoms with Gasteiger partial charge < -0.3 is 10.5 Å². The Labute approximate surface area is 63.1 Å². The van der Waals surface area contributed by atoms with Gasteiger partial charge >= 0.3 is 0 Å². The predicted octanol–water partition coefficient (Wildman–Crippen LogP) is 1.32. The van der Waals surface area contributed by atoms with E-state index in [9.17, 15) is 0 Å². The van der Waals surface area contributed by atoms with Crippen molar-refractivity contribution in [2.24, 2.45) is 5.73 Å². The molecule has 0 spiro atoms. The maximum Gasteiger partial charge on any atom is 0.0480 e. The first-order valence-corrected chi connectivity index (χ1v) is 3.75. The van der Waals surface area contributed by atoms with Crippen LogP contribution in [0.1, 0.15) is 19.8 Å². The summed E-state index contributed by atoms with van der Waals surface area (Å²) in [5.74, 6) is 0. The number of hydrogen-bond acceptors (Lipinski definition) is 2. The normalized spacial score (nSPS) is 13.0. The van der Waals surface area contributed by atoms with Gasteiger partial charge in [0.15, 0.2) is 0 Å². The molecule has 0 rings (SSSR count). The Bertz CT molecular complexity index is 83.3. The molecule has 1 unspecified atom stereocenters. The molecule has 0 amide bonds. The van der Waals surface area contributed by atoms with Crippen LogP contribution >= 0.6 is 0 Å². The van der Waals surface area contributed by atoms with E-state index in [1.807, 2.05) is 13.0 Å². The van der Waals surface area contributed by atoms with Crippen LogP contribution in [0.3, 0.4) is 0 Å². The molecule has 0 aliphatic rings. The van der Waals surface area contributed by atoms with Gasteiger partial charge in [0.25, 0.3) is 0 Å². The molecular formula is C8H17NO. The number of rotatable bonds is 6. The van der Waals surface area contributed by atoms with Gasteiger partial charge in [-0.05, 0) is 19.8 Å². The van der Waals surface area contributed by atoms with Crippen LogP contribution in [0.5, 0.6) is 0 Å².